The Morgan fingerprint density at radius 3 is 2.93 bits per heavy atom. The second-order valence-electron chi connectivity index (χ2n) is 3.42. The van der Waals surface area contributed by atoms with Gasteiger partial charge in [-0.3, -0.25) is 4.79 Å². The lowest BCUT2D eigenvalue weighted by atomic mass is 10.1. The summed E-state index contributed by atoms with van der Waals surface area (Å²) in [4.78, 5) is 11.6. The van der Waals surface area contributed by atoms with Gasteiger partial charge in [0.2, 0.25) is 0 Å². The Bertz CT molecular complexity index is 355. The van der Waals surface area contributed by atoms with E-state index in [4.69, 9.17) is 11.6 Å². The summed E-state index contributed by atoms with van der Waals surface area (Å²) in [7, 11) is 0. The van der Waals surface area contributed by atoms with E-state index >= 15 is 0 Å². The maximum atomic E-state index is 11.6. The Balaban J connectivity index is 2.57. The summed E-state index contributed by atoms with van der Waals surface area (Å²) >= 11 is 5.80. The van der Waals surface area contributed by atoms with Gasteiger partial charge in [-0.15, -0.1) is 0 Å². The van der Waals surface area contributed by atoms with Gasteiger partial charge in [0.15, 0.2) is 5.78 Å². The van der Waals surface area contributed by atoms with Crippen LogP contribution in [0.15, 0.2) is 36.4 Å². The molecule has 0 heterocycles. The fourth-order valence-corrected chi connectivity index (χ4v) is 1.44. The van der Waals surface area contributed by atoms with E-state index in [2.05, 4.69) is 6.92 Å². The van der Waals surface area contributed by atoms with Gasteiger partial charge in [-0.25, -0.2) is 0 Å². The Labute approximate surface area is 95.8 Å². The van der Waals surface area contributed by atoms with E-state index in [-0.39, 0.29) is 5.78 Å². The predicted molar refractivity (Wildman–Crippen MR) is 64.4 cm³/mol. The molecule has 0 saturated heterocycles. The highest BCUT2D eigenvalue weighted by molar-refractivity contribution is 6.31. The molecule has 0 spiro atoms. The molecule has 80 valence electrons. The summed E-state index contributed by atoms with van der Waals surface area (Å²) in [6.07, 6.45) is 6.78. The molecule has 0 bridgehead atoms. The standard InChI is InChI=1S/C13H15ClO/c1-2-3-4-5-9-13(15)11-7-6-8-12(14)10-11/h5-10H,2-4H2,1H3/b9-5+. The van der Waals surface area contributed by atoms with E-state index in [1.54, 1.807) is 30.3 Å². The van der Waals surface area contributed by atoms with Gasteiger partial charge in [-0.1, -0.05) is 49.6 Å². The molecule has 0 saturated carbocycles. The van der Waals surface area contributed by atoms with Crippen molar-refractivity contribution in [3.8, 4) is 0 Å². The van der Waals surface area contributed by atoms with Crippen LogP contribution in [-0.2, 0) is 0 Å². The third-order valence-corrected chi connectivity index (χ3v) is 2.34. The van der Waals surface area contributed by atoms with Crippen molar-refractivity contribution in [3.63, 3.8) is 0 Å². The van der Waals surface area contributed by atoms with E-state index in [9.17, 15) is 4.79 Å². The maximum absolute atomic E-state index is 11.6. The molecule has 1 rings (SSSR count). The molecule has 0 amide bonds. The second-order valence-corrected chi connectivity index (χ2v) is 3.86. The lowest BCUT2D eigenvalue weighted by molar-refractivity contribution is 0.104. The molecule has 0 aliphatic rings. The van der Waals surface area contributed by atoms with Gasteiger partial charge in [0.05, 0.1) is 0 Å². The minimum absolute atomic E-state index is 0.0219. The largest absolute Gasteiger partial charge is 0.289 e. The Morgan fingerprint density at radius 2 is 2.27 bits per heavy atom. The number of carbonyl (C=O) groups excluding carboxylic acids is 1. The highest BCUT2D eigenvalue weighted by atomic mass is 35.5. The first-order valence-corrected chi connectivity index (χ1v) is 5.58. The van der Waals surface area contributed by atoms with Gasteiger partial charge in [0, 0.05) is 10.6 Å². The highest BCUT2D eigenvalue weighted by Crippen LogP contribution is 2.11. The van der Waals surface area contributed by atoms with Crippen molar-refractivity contribution in [2.75, 3.05) is 0 Å². The molecule has 0 radical (unpaired) electrons. The number of carbonyl (C=O) groups is 1. The maximum Gasteiger partial charge on any atom is 0.185 e. The first-order chi connectivity index (χ1) is 7.24. The van der Waals surface area contributed by atoms with Crippen molar-refractivity contribution in [1.29, 1.82) is 0 Å². The SMILES string of the molecule is CCCC/C=C/C(=O)c1cccc(Cl)c1. The average Bonchev–Trinajstić information content (AvgIpc) is 2.24. The Morgan fingerprint density at radius 1 is 1.47 bits per heavy atom. The fraction of sp³-hybridized carbons (Fsp3) is 0.308. The molecular formula is C13H15ClO. The average molecular weight is 223 g/mol. The van der Waals surface area contributed by atoms with E-state index in [1.807, 2.05) is 6.08 Å². The Hall–Kier alpha value is -1.08. The quantitative estimate of drug-likeness (QED) is 0.413. The molecule has 0 fully saturated rings. The summed E-state index contributed by atoms with van der Waals surface area (Å²) in [6.45, 7) is 2.13. The molecule has 0 aliphatic heterocycles. The van der Waals surface area contributed by atoms with E-state index in [1.165, 1.54) is 0 Å². The van der Waals surface area contributed by atoms with Crippen LogP contribution in [0.2, 0.25) is 5.02 Å². The second kappa shape index (κ2) is 6.41. The Kier molecular flexibility index (Phi) is 5.13. The molecule has 0 aromatic heterocycles. The van der Waals surface area contributed by atoms with Crippen LogP contribution < -0.4 is 0 Å². The van der Waals surface area contributed by atoms with Gasteiger partial charge in [0.1, 0.15) is 0 Å². The molecule has 0 unspecified atom stereocenters. The molecule has 1 nitrogen and oxygen atoms in total. The van der Waals surface area contributed by atoms with E-state index in [0.717, 1.165) is 19.3 Å². The van der Waals surface area contributed by atoms with Crippen LogP contribution in [0.4, 0.5) is 0 Å². The van der Waals surface area contributed by atoms with Crippen LogP contribution in [0, 0.1) is 0 Å². The van der Waals surface area contributed by atoms with Crippen molar-refractivity contribution in [2.24, 2.45) is 0 Å². The van der Waals surface area contributed by atoms with Crippen LogP contribution in [0.5, 0.6) is 0 Å². The minimum Gasteiger partial charge on any atom is -0.289 e. The fourth-order valence-electron chi connectivity index (χ4n) is 1.25. The highest BCUT2D eigenvalue weighted by Gasteiger charge is 2.00. The summed E-state index contributed by atoms with van der Waals surface area (Å²) in [5.74, 6) is 0.0219. The zero-order chi connectivity index (χ0) is 11.1. The van der Waals surface area contributed by atoms with Gasteiger partial charge in [-0.05, 0) is 24.6 Å². The van der Waals surface area contributed by atoms with E-state index in [0.29, 0.717) is 10.6 Å². The van der Waals surface area contributed by atoms with Crippen molar-refractivity contribution >= 4 is 17.4 Å². The van der Waals surface area contributed by atoms with Gasteiger partial charge >= 0.3 is 0 Å². The van der Waals surface area contributed by atoms with E-state index < -0.39 is 0 Å². The zero-order valence-corrected chi connectivity index (χ0v) is 9.63. The third kappa shape index (κ3) is 4.30. The third-order valence-electron chi connectivity index (χ3n) is 2.10. The van der Waals surface area contributed by atoms with Crippen LogP contribution in [0.25, 0.3) is 0 Å². The molecule has 0 N–H and O–H groups in total. The molecule has 15 heavy (non-hydrogen) atoms. The number of unbranched alkanes of at least 4 members (excludes halogenated alkanes) is 2. The number of allylic oxidation sites excluding steroid dienone is 2. The minimum atomic E-state index is 0.0219. The van der Waals surface area contributed by atoms with Crippen LogP contribution in [0.3, 0.4) is 0 Å². The summed E-state index contributed by atoms with van der Waals surface area (Å²) in [6, 6.07) is 7.01. The molecule has 1 aromatic rings. The van der Waals surface area contributed by atoms with Crippen LogP contribution in [0.1, 0.15) is 36.5 Å². The summed E-state index contributed by atoms with van der Waals surface area (Å²) < 4.78 is 0. The zero-order valence-electron chi connectivity index (χ0n) is 8.87. The first kappa shape index (κ1) is 12.0. The smallest absolute Gasteiger partial charge is 0.185 e. The molecule has 0 aliphatic carbocycles. The number of hydrogen-bond acceptors (Lipinski definition) is 1. The number of ketones is 1. The topological polar surface area (TPSA) is 17.1 Å². The van der Waals surface area contributed by atoms with Gasteiger partial charge < -0.3 is 0 Å². The lowest BCUT2D eigenvalue weighted by Gasteiger charge is -1.96. The van der Waals surface area contributed by atoms with Gasteiger partial charge in [-0.2, -0.15) is 0 Å². The van der Waals surface area contributed by atoms with Crippen molar-refractivity contribution in [3.05, 3.63) is 47.0 Å². The monoisotopic (exact) mass is 222 g/mol. The first-order valence-electron chi connectivity index (χ1n) is 5.20. The number of rotatable bonds is 5. The van der Waals surface area contributed by atoms with Crippen LogP contribution >= 0.6 is 11.6 Å². The molecule has 1 aromatic carbocycles. The predicted octanol–water partition coefficient (Wildman–Crippen LogP) is 4.27. The molecule has 0 atom stereocenters. The van der Waals surface area contributed by atoms with Crippen molar-refractivity contribution in [1.82, 2.24) is 0 Å². The summed E-state index contributed by atoms with van der Waals surface area (Å²) in [5, 5.41) is 0.600. The van der Waals surface area contributed by atoms with Crippen molar-refractivity contribution in [2.45, 2.75) is 26.2 Å². The normalized spacial score (nSPS) is 10.8. The molecule has 2 heteroatoms. The van der Waals surface area contributed by atoms with Gasteiger partial charge in [0.25, 0.3) is 0 Å². The molecular weight excluding hydrogens is 208 g/mol. The lowest BCUT2D eigenvalue weighted by Crippen LogP contribution is -1.93. The summed E-state index contributed by atoms with van der Waals surface area (Å²) in [5.41, 5.74) is 0.648. The number of halogens is 1. The van der Waals surface area contributed by atoms with Crippen molar-refractivity contribution < 1.29 is 4.79 Å². The number of hydrogen-bond donors (Lipinski definition) is 0. The van der Waals surface area contributed by atoms with Crippen LogP contribution in [-0.4, -0.2) is 5.78 Å². The number of benzene rings is 1.